The van der Waals surface area contributed by atoms with Gasteiger partial charge in [-0.05, 0) is 46.1 Å². The van der Waals surface area contributed by atoms with Crippen LogP contribution in [0.25, 0.3) is 5.32 Å². The molecule has 3 nitrogen and oxygen atoms in total. The number of rotatable bonds is 4. The van der Waals surface area contributed by atoms with Crippen molar-refractivity contribution in [1.82, 2.24) is 4.90 Å². The van der Waals surface area contributed by atoms with Crippen molar-refractivity contribution in [3.63, 3.8) is 0 Å². The molecule has 0 aromatic rings. The maximum absolute atomic E-state index is 4.46. The van der Waals surface area contributed by atoms with Gasteiger partial charge in [-0.25, -0.2) is 0 Å². The van der Waals surface area contributed by atoms with E-state index in [9.17, 15) is 0 Å². The summed E-state index contributed by atoms with van der Waals surface area (Å²) in [5.41, 5.74) is -0.00483. The molecule has 0 saturated carbocycles. The SMILES string of the molecule is CC(=NC(C)(C)C)[N-]CCCN(C)C.[Co]. The molecule has 0 bridgehead atoms. The van der Waals surface area contributed by atoms with Gasteiger partial charge in [0.15, 0.2) is 0 Å². The van der Waals surface area contributed by atoms with Crippen LogP contribution in [0.1, 0.15) is 34.1 Å². The van der Waals surface area contributed by atoms with Crippen molar-refractivity contribution in [2.75, 3.05) is 27.2 Å². The Bertz CT molecular complexity index is 183. The fraction of sp³-hybridized carbons (Fsp3) is 0.909. The Morgan fingerprint density at radius 3 is 2.20 bits per heavy atom. The number of nitrogens with zero attached hydrogens (tertiary/aromatic N) is 3. The predicted octanol–water partition coefficient (Wildman–Crippen LogP) is 2.53. The molecule has 93 valence electrons. The smallest absolute Gasteiger partial charge is 0 e. The Kier molecular flexibility index (Phi) is 9.40. The second-order valence-electron chi connectivity index (χ2n) is 4.87. The van der Waals surface area contributed by atoms with Crippen LogP contribution in [0.5, 0.6) is 0 Å². The molecule has 0 aliphatic carbocycles. The molecule has 0 rings (SSSR count). The van der Waals surface area contributed by atoms with Crippen molar-refractivity contribution >= 4 is 5.84 Å². The van der Waals surface area contributed by atoms with E-state index in [4.69, 9.17) is 0 Å². The van der Waals surface area contributed by atoms with Crippen LogP contribution in [-0.2, 0) is 16.8 Å². The molecule has 0 aromatic carbocycles. The molecule has 0 heterocycles. The summed E-state index contributed by atoms with van der Waals surface area (Å²) in [6, 6.07) is 0. The maximum Gasteiger partial charge on any atom is 0 e. The van der Waals surface area contributed by atoms with E-state index in [2.05, 4.69) is 50.1 Å². The molecular formula is C11H24CoN3-. The average molecular weight is 257 g/mol. The van der Waals surface area contributed by atoms with Gasteiger partial charge in [0.1, 0.15) is 0 Å². The van der Waals surface area contributed by atoms with Crippen molar-refractivity contribution < 1.29 is 16.8 Å². The summed E-state index contributed by atoms with van der Waals surface area (Å²) < 4.78 is 0. The Labute approximate surface area is 105 Å². The van der Waals surface area contributed by atoms with E-state index in [-0.39, 0.29) is 22.3 Å². The molecule has 1 radical (unpaired) electrons. The fourth-order valence-corrected chi connectivity index (χ4v) is 1.15. The van der Waals surface area contributed by atoms with Crippen LogP contribution in [0.4, 0.5) is 0 Å². The molecule has 0 fully saturated rings. The van der Waals surface area contributed by atoms with Gasteiger partial charge in [0.2, 0.25) is 0 Å². The van der Waals surface area contributed by atoms with Crippen LogP contribution in [0.3, 0.4) is 0 Å². The first-order chi connectivity index (χ1) is 6.31. The minimum Gasteiger partial charge on any atom is -0.469 e. The predicted molar refractivity (Wildman–Crippen MR) is 64.3 cm³/mol. The van der Waals surface area contributed by atoms with Crippen LogP contribution in [0.2, 0.25) is 0 Å². The molecule has 15 heavy (non-hydrogen) atoms. The standard InChI is InChI=1S/C11H24N3.Co/c1-10(13-11(2,3)4)12-8-7-9-14(5)6;/h7-9H2,1-6H3;/q-1;. The summed E-state index contributed by atoms with van der Waals surface area (Å²) in [6.45, 7) is 10.2. The summed E-state index contributed by atoms with van der Waals surface area (Å²) >= 11 is 0. The van der Waals surface area contributed by atoms with Gasteiger partial charge in [0, 0.05) is 16.8 Å². The van der Waals surface area contributed by atoms with Gasteiger partial charge < -0.3 is 15.2 Å². The number of amidine groups is 1. The van der Waals surface area contributed by atoms with Gasteiger partial charge in [0.25, 0.3) is 0 Å². The summed E-state index contributed by atoms with van der Waals surface area (Å²) in [7, 11) is 4.16. The van der Waals surface area contributed by atoms with Crippen LogP contribution in [0.15, 0.2) is 4.99 Å². The van der Waals surface area contributed by atoms with E-state index in [0.717, 1.165) is 25.3 Å². The summed E-state index contributed by atoms with van der Waals surface area (Å²) in [6.07, 6.45) is 1.10. The average Bonchev–Trinajstić information content (AvgIpc) is 1.94. The Morgan fingerprint density at radius 1 is 1.27 bits per heavy atom. The summed E-state index contributed by atoms with van der Waals surface area (Å²) in [5, 5.41) is 4.40. The Morgan fingerprint density at radius 2 is 1.80 bits per heavy atom. The van der Waals surface area contributed by atoms with E-state index < -0.39 is 0 Å². The van der Waals surface area contributed by atoms with Crippen molar-refractivity contribution in [1.29, 1.82) is 0 Å². The largest absolute Gasteiger partial charge is 0.469 e. The zero-order valence-electron chi connectivity index (χ0n) is 10.8. The first-order valence-corrected chi connectivity index (χ1v) is 5.20. The van der Waals surface area contributed by atoms with Crippen LogP contribution >= 0.6 is 0 Å². The third-order valence-electron chi connectivity index (χ3n) is 1.60. The molecule has 0 aliphatic heterocycles. The number of hydrogen-bond acceptors (Lipinski definition) is 2. The van der Waals surface area contributed by atoms with Gasteiger partial charge in [-0.2, -0.15) is 0 Å². The second-order valence-corrected chi connectivity index (χ2v) is 4.87. The van der Waals surface area contributed by atoms with E-state index in [1.165, 1.54) is 0 Å². The Hall–Kier alpha value is -0.0635. The van der Waals surface area contributed by atoms with Crippen LogP contribution in [-0.4, -0.2) is 43.5 Å². The molecule has 0 spiro atoms. The monoisotopic (exact) mass is 257 g/mol. The van der Waals surface area contributed by atoms with Crippen molar-refractivity contribution in [2.24, 2.45) is 4.99 Å². The molecule has 0 aromatic heterocycles. The van der Waals surface area contributed by atoms with E-state index >= 15 is 0 Å². The number of aliphatic imine (C=N–C) groups is 1. The molecule has 0 saturated heterocycles. The van der Waals surface area contributed by atoms with E-state index in [1.807, 2.05) is 6.92 Å². The molecule has 0 atom stereocenters. The molecule has 0 N–H and O–H groups in total. The van der Waals surface area contributed by atoms with Crippen molar-refractivity contribution in [2.45, 2.75) is 39.7 Å². The van der Waals surface area contributed by atoms with Crippen molar-refractivity contribution in [3.05, 3.63) is 5.32 Å². The molecule has 4 heteroatoms. The Balaban J connectivity index is 0. The first-order valence-electron chi connectivity index (χ1n) is 5.20. The minimum atomic E-state index is -0.00483. The fourth-order valence-electron chi connectivity index (χ4n) is 1.15. The zero-order chi connectivity index (χ0) is 11.2. The third-order valence-corrected chi connectivity index (χ3v) is 1.60. The van der Waals surface area contributed by atoms with Gasteiger partial charge >= 0.3 is 0 Å². The summed E-state index contributed by atoms with van der Waals surface area (Å²) in [4.78, 5) is 6.63. The van der Waals surface area contributed by atoms with Crippen LogP contribution in [0, 0.1) is 0 Å². The molecule has 0 unspecified atom stereocenters. The van der Waals surface area contributed by atoms with Gasteiger partial charge in [-0.3, -0.25) is 0 Å². The van der Waals surface area contributed by atoms with Gasteiger partial charge in [-0.15, -0.1) is 0 Å². The minimum absolute atomic E-state index is 0. The second kappa shape index (κ2) is 8.13. The maximum atomic E-state index is 4.46. The molecule has 0 aliphatic rings. The van der Waals surface area contributed by atoms with E-state index in [0.29, 0.717) is 0 Å². The van der Waals surface area contributed by atoms with Crippen LogP contribution < -0.4 is 0 Å². The number of hydrogen-bond donors (Lipinski definition) is 0. The topological polar surface area (TPSA) is 29.7 Å². The van der Waals surface area contributed by atoms with Gasteiger partial charge in [0.05, 0.1) is 0 Å². The normalized spacial score (nSPS) is 12.6. The van der Waals surface area contributed by atoms with Crippen molar-refractivity contribution in [3.8, 4) is 0 Å². The zero-order valence-corrected chi connectivity index (χ0v) is 11.8. The van der Waals surface area contributed by atoms with E-state index in [1.54, 1.807) is 0 Å². The third kappa shape index (κ3) is 13.9. The quantitative estimate of drug-likeness (QED) is 0.432. The van der Waals surface area contributed by atoms with Gasteiger partial charge in [-0.1, -0.05) is 26.6 Å². The summed E-state index contributed by atoms with van der Waals surface area (Å²) in [5.74, 6) is 0.913. The molecule has 0 amide bonds. The molecular weight excluding hydrogens is 233 g/mol. The first kappa shape index (κ1) is 17.3.